The maximum Gasteiger partial charge on any atom is 0.246 e. The van der Waals surface area contributed by atoms with Crippen molar-refractivity contribution in [1.29, 1.82) is 0 Å². The van der Waals surface area contributed by atoms with E-state index < -0.39 is 0 Å². The third-order valence-corrected chi connectivity index (χ3v) is 3.46. The molecule has 0 aromatic heterocycles. The topological polar surface area (TPSA) is 41.1 Å². The summed E-state index contributed by atoms with van der Waals surface area (Å²) >= 11 is 5.97. The number of benzene rings is 1. The van der Waals surface area contributed by atoms with E-state index in [0.29, 0.717) is 5.02 Å². The molecule has 4 heteroatoms. The molecule has 18 heavy (non-hydrogen) atoms. The lowest BCUT2D eigenvalue weighted by Crippen LogP contribution is -2.28. The highest BCUT2D eigenvalue weighted by Crippen LogP contribution is 2.32. The number of hydrogen-bond donors (Lipinski definition) is 2. The number of rotatable bonds is 6. The summed E-state index contributed by atoms with van der Waals surface area (Å²) in [6.07, 6.45) is 4.79. The second-order valence-electron chi connectivity index (χ2n) is 4.67. The Balaban J connectivity index is 1.93. The van der Waals surface area contributed by atoms with Crippen LogP contribution in [-0.4, -0.2) is 12.5 Å². The first-order valence-electron chi connectivity index (χ1n) is 6.56. The van der Waals surface area contributed by atoms with E-state index in [1.807, 2.05) is 12.1 Å². The van der Waals surface area contributed by atoms with Crippen molar-refractivity contribution in [3.8, 4) is 0 Å². The lowest BCUT2D eigenvalue weighted by atomic mass is 10.1. The first kappa shape index (κ1) is 13.4. The minimum atomic E-state index is -0.250. The van der Waals surface area contributed by atoms with Gasteiger partial charge >= 0.3 is 0 Å². The Kier molecular flexibility index (Phi) is 4.61. The molecule has 0 spiro atoms. The summed E-state index contributed by atoms with van der Waals surface area (Å²) < 4.78 is 0. The monoisotopic (exact) mass is 266 g/mol. The van der Waals surface area contributed by atoms with Crippen molar-refractivity contribution >= 4 is 23.2 Å². The summed E-state index contributed by atoms with van der Waals surface area (Å²) in [7, 11) is 0. The molecule has 1 unspecified atom stereocenters. The molecule has 0 fully saturated rings. The van der Waals surface area contributed by atoms with E-state index >= 15 is 0 Å². The van der Waals surface area contributed by atoms with Crippen LogP contribution in [0.4, 0.5) is 5.69 Å². The molecular formula is C14H19ClN2O. The molecule has 0 radical (unpaired) electrons. The Morgan fingerprint density at radius 1 is 1.33 bits per heavy atom. The van der Waals surface area contributed by atoms with Gasteiger partial charge in [-0.15, -0.1) is 0 Å². The van der Waals surface area contributed by atoms with Crippen LogP contribution in [0.15, 0.2) is 18.2 Å². The molecule has 98 valence electrons. The zero-order valence-corrected chi connectivity index (χ0v) is 11.4. The van der Waals surface area contributed by atoms with Gasteiger partial charge in [0.2, 0.25) is 5.91 Å². The summed E-state index contributed by atoms with van der Waals surface area (Å²) in [5.41, 5.74) is 1.83. The van der Waals surface area contributed by atoms with Crippen LogP contribution in [0.1, 0.15) is 44.2 Å². The van der Waals surface area contributed by atoms with Gasteiger partial charge in [0.1, 0.15) is 6.04 Å². The van der Waals surface area contributed by atoms with Gasteiger partial charge in [0.15, 0.2) is 0 Å². The summed E-state index contributed by atoms with van der Waals surface area (Å²) in [5.74, 6) is 0.0164. The molecule has 2 rings (SSSR count). The van der Waals surface area contributed by atoms with E-state index in [0.717, 1.165) is 24.2 Å². The van der Waals surface area contributed by atoms with Gasteiger partial charge in [0, 0.05) is 16.3 Å². The Hall–Kier alpha value is -1.06. The Bertz CT molecular complexity index is 434. The smallest absolute Gasteiger partial charge is 0.246 e. The van der Waals surface area contributed by atoms with Crippen molar-refractivity contribution in [3.05, 3.63) is 28.8 Å². The largest absolute Gasteiger partial charge is 0.324 e. The molecular weight excluding hydrogens is 248 g/mol. The highest BCUT2D eigenvalue weighted by atomic mass is 35.5. The van der Waals surface area contributed by atoms with Crippen LogP contribution in [0.2, 0.25) is 5.02 Å². The fourth-order valence-corrected chi connectivity index (χ4v) is 2.41. The third-order valence-electron chi connectivity index (χ3n) is 3.22. The first-order chi connectivity index (χ1) is 8.72. The van der Waals surface area contributed by atoms with Gasteiger partial charge in [-0.05, 0) is 31.2 Å². The molecule has 1 aliphatic heterocycles. The number of nitrogens with one attached hydrogen (secondary N) is 2. The van der Waals surface area contributed by atoms with Crippen LogP contribution in [0, 0.1) is 0 Å². The number of carbonyl (C=O) groups excluding carboxylic acids is 1. The van der Waals surface area contributed by atoms with Crippen molar-refractivity contribution < 1.29 is 4.79 Å². The van der Waals surface area contributed by atoms with Crippen molar-refractivity contribution in [1.82, 2.24) is 5.32 Å². The number of amides is 1. The highest BCUT2D eigenvalue weighted by molar-refractivity contribution is 6.31. The van der Waals surface area contributed by atoms with E-state index in [1.165, 1.54) is 19.3 Å². The van der Waals surface area contributed by atoms with Crippen LogP contribution in [0.3, 0.4) is 0 Å². The number of carbonyl (C=O) groups is 1. The molecule has 1 aromatic carbocycles. The van der Waals surface area contributed by atoms with Gasteiger partial charge in [0.05, 0.1) is 0 Å². The van der Waals surface area contributed by atoms with E-state index in [9.17, 15) is 4.79 Å². The Morgan fingerprint density at radius 3 is 2.94 bits per heavy atom. The molecule has 1 aliphatic rings. The van der Waals surface area contributed by atoms with Crippen LogP contribution in [0.25, 0.3) is 0 Å². The fourth-order valence-electron chi connectivity index (χ4n) is 2.23. The minimum absolute atomic E-state index is 0.0164. The maximum atomic E-state index is 11.8. The third kappa shape index (κ3) is 3.03. The van der Waals surface area contributed by atoms with Gasteiger partial charge in [-0.3, -0.25) is 4.79 Å². The summed E-state index contributed by atoms with van der Waals surface area (Å²) in [6, 6.07) is 5.26. The van der Waals surface area contributed by atoms with Gasteiger partial charge in [-0.1, -0.05) is 37.8 Å². The van der Waals surface area contributed by atoms with Crippen molar-refractivity contribution in [2.45, 2.75) is 38.6 Å². The lowest BCUT2D eigenvalue weighted by molar-refractivity contribution is -0.117. The number of halogens is 1. The van der Waals surface area contributed by atoms with Gasteiger partial charge in [-0.25, -0.2) is 0 Å². The highest BCUT2D eigenvalue weighted by Gasteiger charge is 2.29. The Labute approximate surface area is 113 Å². The summed E-state index contributed by atoms with van der Waals surface area (Å²) in [5, 5.41) is 6.84. The van der Waals surface area contributed by atoms with Crippen LogP contribution in [0.5, 0.6) is 0 Å². The normalized spacial score (nSPS) is 17.7. The molecule has 3 nitrogen and oxygen atoms in total. The van der Waals surface area contributed by atoms with E-state index in [-0.39, 0.29) is 11.9 Å². The van der Waals surface area contributed by atoms with Crippen LogP contribution in [-0.2, 0) is 4.79 Å². The number of anilines is 1. The lowest BCUT2D eigenvalue weighted by Gasteiger charge is -2.11. The molecule has 0 saturated heterocycles. The predicted octanol–water partition coefficient (Wildman–Crippen LogP) is 3.50. The predicted molar refractivity (Wildman–Crippen MR) is 75.0 cm³/mol. The average molecular weight is 267 g/mol. The van der Waals surface area contributed by atoms with Crippen molar-refractivity contribution in [2.75, 3.05) is 11.9 Å². The number of fused-ring (bicyclic) bond motifs is 1. The second kappa shape index (κ2) is 6.21. The van der Waals surface area contributed by atoms with Crippen molar-refractivity contribution in [2.24, 2.45) is 0 Å². The van der Waals surface area contributed by atoms with Crippen LogP contribution >= 0.6 is 11.6 Å². The molecule has 1 aromatic rings. The summed E-state index contributed by atoms with van der Waals surface area (Å²) in [4.78, 5) is 11.8. The second-order valence-corrected chi connectivity index (χ2v) is 5.11. The molecule has 2 N–H and O–H groups in total. The minimum Gasteiger partial charge on any atom is -0.324 e. The molecule has 1 atom stereocenters. The van der Waals surface area contributed by atoms with Gasteiger partial charge in [0.25, 0.3) is 0 Å². The first-order valence-corrected chi connectivity index (χ1v) is 6.94. The van der Waals surface area contributed by atoms with Gasteiger partial charge < -0.3 is 10.6 Å². The molecule has 1 amide bonds. The maximum absolute atomic E-state index is 11.8. The van der Waals surface area contributed by atoms with E-state index in [1.54, 1.807) is 6.07 Å². The Morgan fingerprint density at radius 2 is 2.17 bits per heavy atom. The molecule has 0 bridgehead atoms. The standard InChI is InChI=1S/C14H19ClN2O/c1-2-3-4-5-8-16-13-11-9-10(15)6-7-12(11)17-14(13)18/h6-7,9,13,16H,2-5,8H2,1H3,(H,17,18). The number of hydrogen-bond acceptors (Lipinski definition) is 2. The van der Waals surface area contributed by atoms with Crippen LogP contribution < -0.4 is 10.6 Å². The zero-order valence-electron chi connectivity index (χ0n) is 10.6. The average Bonchev–Trinajstić information content (AvgIpc) is 2.65. The molecule has 1 heterocycles. The fraction of sp³-hybridized carbons (Fsp3) is 0.500. The van der Waals surface area contributed by atoms with Gasteiger partial charge in [-0.2, -0.15) is 0 Å². The molecule has 0 aliphatic carbocycles. The summed E-state index contributed by atoms with van der Waals surface area (Å²) in [6.45, 7) is 3.06. The van der Waals surface area contributed by atoms with E-state index in [4.69, 9.17) is 11.6 Å². The quantitative estimate of drug-likeness (QED) is 0.774. The van der Waals surface area contributed by atoms with E-state index in [2.05, 4.69) is 17.6 Å². The number of unbranched alkanes of at least 4 members (excludes halogenated alkanes) is 3. The molecule has 0 saturated carbocycles. The SMILES string of the molecule is CCCCCCNC1C(=O)Nc2ccc(Cl)cc21. The zero-order chi connectivity index (χ0) is 13.0. The van der Waals surface area contributed by atoms with Crippen molar-refractivity contribution in [3.63, 3.8) is 0 Å².